The molecule has 0 atom stereocenters. The molecule has 5 nitrogen and oxygen atoms in total. The average Bonchev–Trinajstić information content (AvgIpc) is 2.93. The first-order chi connectivity index (χ1) is 10.7. The van der Waals surface area contributed by atoms with Gasteiger partial charge in [0.25, 0.3) is 5.91 Å². The van der Waals surface area contributed by atoms with Crippen LogP contribution in [0.15, 0.2) is 30.6 Å². The lowest BCUT2D eigenvalue weighted by molar-refractivity contribution is -0.0368. The van der Waals surface area contributed by atoms with Gasteiger partial charge in [-0.25, -0.2) is 4.98 Å². The summed E-state index contributed by atoms with van der Waals surface area (Å²) in [5, 5.41) is 3.31. The zero-order chi connectivity index (χ0) is 15.2. The van der Waals surface area contributed by atoms with Gasteiger partial charge >= 0.3 is 0 Å². The second kappa shape index (κ2) is 5.09. The third-order valence-electron chi connectivity index (χ3n) is 5.47. The van der Waals surface area contributed by atoms with Crippen molar-refractivity contribution in [2.75, 3.05) is 7.05 Å². The van der Waals surface area contributed by atoms with Crippen molar-refractivity contribution in [3.63, 3.8) is 0 Å². The van der Waals surface area contributed by atoms with E-state index in [0.717, 1.165) is 18.4 Å². The standard InChI is InChI=1S/C17H22N4O/c1-20-13-7-4-9-17(20,10-5-8-13)19-16(22)15-18-12-14-6-2-3-11-21(14)15/h2-3,6,11-13H,4-5,7-10H2,1H3,(H,19,22). The summed E-state index contributed by atoms with van der Waals surface area (Å²) in [5.41, 5.74) is 0.766. The molecule has 2 fully saturated rings. The van der Waals surface area contributed by atoms with Gasteiger partial charge in [-0.05, 0) is 57.7 Å². The Kier molecular flexibility index (Phi) is 3.18. The highest BCUT2D eigenvalue weighted by atomic mass is 16.2. The van der Waals surface area contributed by atoms with Gasteiger partial charge in [0.1, 0.15) is 0 Å². The number of hydrogen-bond donors (Lipinski definition) is 1. The van der Waals surface area contributed by atoms with Crippen LogP contribution in [0.5, 0.6) is 0 Å². The van der Waals surface area contributed by atoms with Crippen molar-refractivity contribution in [2.24, 2.45) is 0 Å². The molecule has 5 heteroatoms. The number of piperidine rings is 2. The molecular formula is C17H22N4O. The minimum Gasteiger partial charge on any atom is -0.331 e. The molecule has 2 aromatic rings. The molecule has 2 aliphatic rings. The highest BCUT2D eigenvalue weighted by molar-refractivity contribution is 5.92. The van der Waals surface area contributed by atoms with E-state index in [0.29, 0.717) is 11.9 Å². The van der Waals surface area contributed by atoms with Crippen LogP contribution in [0.4, 0.5) is 0 Å². The van der Waals surface area contributed by atoms with E-state index in [1.165, 1.54) is 25.7 Å². The zero-order valence-corrected chi connectivity index (χ0v) is 13.0. The van der Waals surface area contributed by atoms with Crippen LogP contribution < -0.4 is 5.32 Å². The number of aromatic nitrogens is 2. The van der Waals surface area contributed by atoms with Gasteiger partial charge in [0, 0.05) is 12.2 Å². The van der Waals surface area contributed by atoms with E-state index >= 15 is 0 Å². The average molecular weight is 298 g/mol. The van der Waals surface area contributed by atoms with Crippen molar-refractivity contribution in [3.8, 4) is 0 Å². The fraction of sp³-hybridized carbons (Fsp3) is 0.529. The summed E-state index contributed by atoms with van der Waals surface area (Å²) < 4.78 is 1.86. The Labute approximate surface area is 130 Å². The molecule has 0 saturated carbocycles. The first kappa shape index (κ1) is 13.8. The molecule has 0 spiro atoms. The van der Waals surface area contributed by atoms with E-state index in [4.69, 9.17) is 0 Å². The molecule has 2 aromatic heterocycles. The predicted molar refractivity (Wildman–Crippen MR) is 84.6 cm³/mol. The van der Waals surface area contributed by atoms with Gasteiger partial charge in [-0.1, -0.05) is 6.07 Å². The lowest BCUT2D eigenvalue weighted by Gasteiger charge is -2.53. The first-order valence-corrected chi connectivity index (χ1v) is 8.17. The summed E-state index contributed by atoms with van der Waals surface area (Å²) in [6.07, 6.45) is 10.6. The maximum atomic E-state index is 12.8. The Hall–Kier alpha value is -1.88. The Morgan fingerprint density at radius 1 is 1.32 bits per heavy atom. The highest BCUT2D eigenvalue weighted by Crippen LogP contribution is 2.39. The molecule has 4 heterocycles. The van der Waals surface area contributed by atoms with Gasteiger partial charge in [-0.15, -0.1) is 0 Å². The molecule has 1 N–H and O–H groups in total. The summed E-state index contributed by atoms with van der Waals surface area (Å²) in [6, 6.07) is 6.45. The van der Waals surface area contributed by atoms with Crippen molar-refractivity contribution in [3.05, 3.63) is 36.4 Å². The van der Waals surface area contributed by atoms with Crippen molar-refractivity contribution in [1.82, 2.24) is 19.6 Å². The molecule has 2 saturated heterocycles. The molecule has 2 bridgehead atoms. The predicted octanol–water partition coefficient (Wildman–Crippen LogP) is 2.43. The zero-order valence-electron chi connectivity index (χ0n) is 13.0. The molecule has 22 heavy (non-hydrogen) atoms. The van der Waals surface area contributed by atoms with Gasteiger partial charge in [-0.3, -0.25) is 14.1 Å². The van der Waals surface area contributed by atoms with Gasteiger partial charge in [0.2, 0.25) is 5.82 Å². The number of carbonyl (C=O) groups is 1. The van der Waals surface area contributed by atoms with Gasteiger partial charge < -0.3 is 5.32 Å². The fourth-order valence-electron chi connectivity index (χ4n) is 4.21. The molecule has 4 rings (SSSR count). The summed E-state index contributed by atoms with van der Waals surface area (Å²) >= 11 is 0. The van der Waals surface area contributed by atoms with Gasteiger partial charge in [-0.2, -0.15) is 0 Å². The Morgan fingerprint density at radius 2 is 2.09 bits per heavy atom. The molecule has 116 valence electrons. The van der Waals surface area contributed by atoms with Crippen molar-refractivity contribution < 1.29 is 4.79 Å². The molecule has 2 aliphatic heterocycles. The van der Waals surface area contributed by atoms with E-state index in [-0.39, 0.29) is 11.6 Å². The van der Waals surface area contributed by atoms with Crippen LogP contribution in [-0.2, 0) is 0 Å². The van der Waals surface area contributed by atoms with Crippen LogP contribution in [0, 0.1) is 0 Å². The Bertz CT molecular complexity index is 698. The quantitative estimate of drug-likeness (QED) is 0.926. The number of carbonyl (C=O) groups excluding carboxylic acids is 1. The van der Waals surface area contributed by atoms with Crippen LogP contribution in [0.2, 0.25) is 0 Å². The second-order valence-electron chi connectivity index (χ2n) is 6.61. The fourth-order valence-corrected chi connectivity index (χ4v) is 4.21. The van der Waals surface area contributed by atoms with E-state index in [2.05, 4.69) is 22.2 Å². The summed E-state index contributed by atoms with van der Waals surface area (Å²) in [6.45, 7) is 0. The maximum absolute atomic E-state index is 12.8. The lowest BCUT2D eigenvalue weighted by Crippen LogP contribution is -2.66. The van der Waals surface area contributed by atoms with Gasteiger partial charge in [0.05, 0.1) is 17.4 Å². The SMILES string of the molecule is CN1C2CCCC1(NC(=O)c1ncc3ccccn13)CCC2. The minimum absolute atomic E-state index is 0.0689. The Balaban J connectivity index is 1.63. The number of nitrogens with zero attached hydrogens (tertiary/aromatic N) is 3. The van der Waals surface area contributed by atoms with Crippen LogP contribution >= 0.6 is 0 Å². The van der Waals surface area contributed by atoms with Crippen LogP contribution in [0.1, 0.15) is 49.1 Å². The summed E-state index contributed by atoms with van der Waals surface area (Å²) in [7, 11) is 2.16. The molecule has 0 aliphatic carbocycles. The largest absolute Gasteiger partial charge is 0.331 e. The second-order valence-corrected chi connectivity index (χ2v) is 6.61. The summed E-state index contributed by atoms with van der Waals surface area (Å²) in [5.74, 6) is 0.409. The van der Waals surface area contributed by atoms with Crippen LogP contribution in [0.25, 0.3) is 5.52 Å². The van der Waals surface area contributed by atoms with E-state index in [1.807, 2.05) is 28.8 Å². The normalized spacial score (nSPS) is 28.7. The monoisotopic (exact) mass is 298 g/mol. The number of nitrogens with one attached hydrogen (secondary N) is 1. The number of fused-ring (bicyclic) bond motifs is 3. The number of imidazole rings is 1. The maximum Gasteiger partial charge on any atom is 0.289 e. The topological polar surface area (TPSA) is 49.6 Å². The molecule has 0 unspecified atom stereocenters. The van der Waals surface area contributed by atoms with Crippen molar-refractivity contribution in [1.29, 1.82) is 0 Å². The number of hydrogen-bond acceptors (Lipinski definition) is 3. The van der Waals surface area contributed by atoms with Gasteiger partial charge in [0.15, 0.2) is 0 Å². The lowest BCUT2D eigenvalue weighted by atomic mass is 9.80. The third-order valence-corrected chi connectivity index (χ3v) is 5.47. The number of amides is 1. The molecule has 1 amide bonds. The van der Waals surface area contributed by atoms with Crippen LogP contribution in [-0.4, -0.2) is 38.9 Å². The molecule has 0 aromatic carbocycles. The van der Waals surface area contributed by atoms with Crippen molar-refractivity contribution >= 4 is 11.4 Å². The first-order valence-electron chi connectivity index (χ1n) is 8.17. The van der Waals surface area contributed by atoms with E-state index < -0.39 is 0 Å². The summed E-state index contributed by atoms with van der Waals surface area (Å²) in [4.78, 5) is 19.5. The molecule has 0 radical (unpaired) electrons. The Morgan fingerprint density at radius 3 is 2.86 bits per heavy atom. The van der Waals surface area contributed by atoms with Crippen LogP contribution in [0.3, 0.4) is 0 Å². The highest BCUT2D eigenvalue weighted by Gasteiger charge is 2.45. The van der Waals surface area contributed by atoms with Crippen molar-refractivity contribution in [2.45, 2.75) is 50.2 Å². The number of pyridine rings is 1. The number of rotatable bonds is 2. The van der Waals surface area contributed by atoms with E-state index in [1.54, 1.807) is 6.20 Å². The minimum atomic E-state index is -0.182. The third kappa shape index (κ3) is 2.03. The molecular weight excluding hydrogens is 276 g/mol. The smallest absolute Gasteiger partial charge is 0.289 e. The van der Waals surface area contributed by atoms with E-state index in [9.17, 15) is 4.79 Å².